The first-order valence-electron chi connectivity index (χ1n) is 10.4. The molecule has 0 saturated carbocycles. The molecular formula is C22H23N7O2S. The zero-order valence-corrected chi connectivity index (χ0v) is 18.4. The molecule has 0 radical (unpaired) electrons. The second kappa shape index (κ2) is 8.12. The molecule has 4 heterocycles. The largest absolute Gasteiger partial charge is 0.397 e. The molecule has 1 aliphatic heterocycles. The lowest BCUT2D eigenvalue weighted by Crippen LogP contribution is -2.30. The minimum Gasteiger partial charge on any atom is -0.397 e. The second-order valence-electron chi connectivity index (χ2n) is 7.73. The zero-order chi connectivity index (χ0) is 22.2. The predicted octanol–water partition coefficient (Wildman–Crippen LogP) is 3.05. The van der Waals surface area contributed by atoms with Crippen molar-refractivity contribution in [2.45, 2.75) is 13.3 Å². The molecule has 1 aliphatic rings. The Morgan fingerprint density at radius 3 is 2.56 bits per heavy atom. The van der Waals surface area contributed by atoms with Gasteiger partial charge >= 0.3 is 0 Å². The maximum Gasteiger partial charge on any atom is 0.260 e. The van der Waals surface area contributed by atoms with E-state index in [1.54, 1.807) is 13.1 Å². The van der Waals surface area contributed by atoms with Gasteiger partial charge < -0.3 is 25.8 Å². The van der Waals surface area contributed by atoms with E-state index in [2.05, 4.69) is 37.1 Å². The molecule has 4 N–H and O–H groups in total. The van der Waals surface area contributed by atoms with Crippen molar-refractivity contribution < 1.29 is 9.32 Å². The Labute approximate surface area is 188 Å². The van der Waals surface area contributed by atoms with E-state index in [1.165, 1.54) is 11.3 Å². The molecule has 10 heteroatoms. The molecule has 9 nitrogen and oxygen atoms in total. The SMILES string of the molecule is Cc1nc(-c2ccc(N3CCCN(c4ccnc5sc(C(N)=O)c(N)c45)CC3)cc2)no1. The van der Waals surface area contributed by atoms with E-state index in [4.69, 9.17) is 16.0 Å². The van der Waals surface area contributed by atoms with Crippen LogP contribution in [-0.2, 0) is 0 Å². The number of benzene rings is 1. The first-order valence-corrected chi connectivity index (χ1v) is 11.2. The van der Waals surface area contributed by atoms with E-state index < -0.39 is 5.91 Å². The summed E-state index contributed by atoms with van der Waals surface area (Å²) in [6.45, 7) is 5.29. The average molecular weight is 450 g/mol. The number of fused-ring (bicyclic) bond motifs is 1. The minimum atomic E-state index is -0.516. The Morgan fingerprint density at radius 2 is 1.84 bits per heavy atom. The lowest BCUT2D eigenvalue weighted by atomic mass is 10.2. The number of carbonyl (C=O) groups excluding carboxylic acids is 1. The monoisotopic (exact) mass is 449 g/mol. The normalized spacial score (nSPS) is 14.7. The fraction of sp³-hybridized carbons (Fsp3) is 0.273. The lowest BCUT2D eigenvalue weighted by Gasteiger charge is -2.25. The highest BCUT2D eigenvalue weighted by atomic mass is 32.1. The van der Waals surface area contributed by atoms with Crippen LogP contribution in [0, 0.1) is 6.92 Å². The molecular weight excluding hydrogens is 426 g/mol. The fourth-order valence-electron chi connectivity index (χ4n) is 4.13. The van der Waals surface area contributed by atoms with Gasteiger partial charge in [0.1, 0.15) is 9.71 Å². The van der Waals surface area contributed by atoms with Crippen molar-refractivity contribution in [1.82, 2.24) is 15.1 Å². The molecule has 0 spiro atoms. The number of hydrogen-bond donors (Lipinski definition) is 2. The van der Waals surface area contributed by atoms with Crippen LogP contribution in [0.1, 0.15) is 22.0 Å². The van der Waals surface area contributed by atoms with Gasteiger partial charge in [-0.25, -0.2) is 4.98 Å². The number of aromatic nitrogens is 3. The lowest BCUT2D eigenvalue weighted by molar-refractivity contribution is 0.100. The number of nitrogens with zero attached hydrogens (tertiary/aromatic N) is 5. The number of rotatable bonds is 4. The maximum absolute atomic E-state index is 11.7. The molecule has 3 aromatic heterocycles. The molecule has 5 rings (SSSR count). The number of anilines is 3. The van der Waals surface area contributed by atoms with Crippen LogP contribution in [-0.4, -0.2) is 47.2 Å². The molecule has 164 valence electrons. The van der Waals surface area contributed by atoms with Gasteiger partial charge in [0, 0.05) is 50.6 Å². The van der Waals surface area contributed by atoms with Gasteiger partial charge in [0.05, 0.1) is 16.8 Å². The molecule has 4 aromatic rings. The van der Waals surface area contributed by atoms with Gasteiger partial charge in [-0.3, -0.25) is 4.79 Å². The number of carbonyl (C=O) groups is 1. The van der Waals surface area contributed by atoms with Crippen molar-refractivity contribution in [3.8, 4) is 11.4 Å². The molecule has 1 fully saturated rings. The molecule has 0 bridgehead atoms. The molecule has 1 amide bonds. The summed E-state index contributed by atoms with van der Waals surface area (Å²) in [5, 5.41) is 4.80. The van der Waals surface area contributed by atoms with Crippen LogP contribution in [0.4, 0.5) is 17.1 Å². The van der Waals surface area contributed by atoms with Gasteiger partial charge in [-0.1, -0.05) is 5.16 Å². The summed E-state index contributed by atoms with van der Waals surface area (Å²) < 4.78 is 5.07. The minimum absolute atomic E-state index is 0.369. The third-order valence-electron chi connectivity index (χ3n) is 5.69. The van der Waals surface area contributed by atoms with Crippen LogP contribution in [0.5, 0.6) is 0 Å². The molecule has 1 aromatic carbocycles. The van der Waals surface area contributed by atoms with E-state index in [9.17, 15) is 4.79 Å². The van der Waals surface area contributed by atoms with Gasteiger partial charge in [0.25, 0.3) is 5.91 Å². The first-order chi connectivity index (χ1) is 15.5. The smallest absolute Gasteiger partial charge is 0.260 e. The molecule has 32 heavy (non-hydrogen) atoms. The highest BCUT2D eigenvalue weighted by molar-refractivity contribution is 7.21. The van der Waals surface area contributed by atoms with Crippen molar-refractivity contribution in [1.29, 1.82) is 0 Å². The van der Waals surface area contributed by atoms with E-state index >= 15 is 0 Å². The van der Waals surface area contributed by atoms with Crippen molar-refractivity contribution in [3.63, 3.8) is 0 Å². The Bertz CT molecular complexity index is 1280. The molecule has 0 aliphatic carbocycles. The van der Waals surface area contributed by atoms with Gasteiger partial charge in [0.2, 0.25) is 11.7 Å². The van der Waals surface area contributed by atoms with E-state index in [0.29, 0.717) is 22.3 Å². The predicted molar refractivity (Wildman–Crippen MR) is 126 cm³/mol. The van der Waals surface area contributed by atoms with E-state index in [0.717, 1.165) is 59.8 Å². The Morgan fingerprint density at radius 1 is 1.09 bits per heavy atom. The Hall–Kier alpha value is -3.66. The Kier molecular flexibility index (Phi) is 5.14. The standard InChI is InChI=1S/C22H23N7O2S/c1-13-26-21(27-31-13)14-3-5-15(6-4-14)28-9-2-10-29(12-11-28)16-7-8-25-22-17(16)18(23)19(32-22)20(24)30/h3-8H,2,9-12,23H2,1H3,(H2,24,30). The summed E-state index contributed by atoms with van der Waals surface area (Å²) in [5.74, 6) is 0.635. The summed E-state index contributed by atoms with van der Waals surface area (Å²) in [7, 11) is 0. The number of aryl methyl sites for hydroxylation is 1. The quantitative estimate of drug-likeness (QED) is 0.487. The van der Waals surface area contributed by atoms with Crippen LogP contribution in [0.25, 0.3) is 21.6 Å². The summed E-state index contributed by atoms with van der Waals surface area (Å²) in [4.78, 5) is 26.2. The molecule has 0 unspecified atom stereocenters. The van der Waals surface area contributed by atoms with Crippen molar-refractivity contribution in [2.24, 2.45) is 5.73 Å². The van der Waals surface area contributed by atoms with E-state index in [-0.39, 0.29) is 0 Å². The van der Waals surface area contributed by atoms with Crippen LogP contribution in [0.3, 0.4) is 0 Å². The number of nitrogens with two attached hydrogens (primary N) is 2. The van der Waals surface area contributed by atoms with Crippen LogP contribution in [0.15, 0.2) is 41.1 Å². The van der Waals surface area contributed by atoms with Gasteiger partial charge in [-0.05, 0) is 36.8 Å². The Balaban J connectivity index is 1.36. The summed E-state index contributed by atoms with van der Waals surface area (Å²) in [6, 6.07) is 10.2. The number of pyridine rings is 1. The van der Waals surface area contributed by atoms with Crippen LogP contribution >= 0.6 is 11.3 Å². The number of hydrogen-bond acceptors (Lipinski definition) is 9. The zero-order valence-electron chi connectivity index (χ0n) is 17.6. The fourth-order valence-corrected chi connectivity index (χ4v) is 5.07. The summed E-state index contributed by atoms with van der Waals surface area (Å²) >= 11 is 1.25. The first kappa shape index (κ1) is 20.3. The maximum atomic E-state index is 11.7. The van der Waals surface area contributed by atoms with E-state index in [1.807, 2.05) is 18.2 Å². The van der Waals surface area contributed by atoms with Crippen LogP contribution in [0.2, 0.25) is 0 Å². The van der Waals surface area contributed by atoms with Gasteiger partial charge in [0.15, 0.2) is 0 Å². The highest BCUT2D eigenvalue weighted by Crippen LogP contribution is 2.38. The van der Waals surface area contributed by atoms with Crippen molar-refractivity contribution >= 4 is 44.5 Å². The summed E-state index contributed by atoms with van der Waals surface area (Å²) in [5.41, 5.74) is 15.3. The topological polar surface area (TPSA) is 127 Å². The molecule has 1 saturated heterocycles. The van der Waals surface area contributed by atoms with Gasteiger partial charge in [-0.2, -0.15) is 4.98 Å². The highest BCUT2D eigenvalue weighted by Gasteiger charge is 2.22. The third-order valence-corrected chi connectivity index (χ3v) is 6.81. The molecule has 0 atom stereocenters. The summed E-state index contributed by atoms with van der Waals surface area (Å²) in [6.07, 6.45) is 2.75. The van der Waals surface area contributed by atoms with Crippen molar-refractivity contribution in [3.05, 3.63) is 47.3 Å². The number of primary amides is 1. The average Bonchev–Trinajstić information content (AvgIpc) is 3.28. The number of amides is 1. The van der Waals surface area contributed by atoms with Crippen molar-refractivity contribution in [2.75, 3.05) is 41.7 Å². The number of thiophene rings is 1. The number of nitrogen functional groups attached to an aromatic ring is 1. The third kappa shape index (κ3) is 3.62. The van der Waals surface area contributed by atoms with Gasteiger partial charge in [-0.15, -0.1) is 11.3 Å². The van der Waals surface area contributed by atoms with Crippen LogP contribution < -0.4 is 21.3 Å². The second-order valence-corrected chi connectivity index (χ2v) is 8.73.